The van der Waals surface area contributed by atoms with E-state index in [9.17, 15) is 14.9 Å². The number of nitrogens with one attached hydrogen (secondary N) is 1. The Balaban J connectivity index is 2.26. The van der Waals surface area contributed by atoms with E-state index in [4.69, 9.17) is 0 Å². The number of hydrogen-bond donors (Lipinski definition) is 1. The molecule has 1 heterocycles. The molecule has 0 radical (unpaired) electrons. The Hall–Kier alpha value is -2.37. The van der Waals surface area contributed by atoms with Crippen molar-refractivity contribution >= 4 is 22.6 Å². The molecule has 1 aromatic heterocycles. The lowest BCUT2D eigenvalue weighted by molar-refractivity contribution is -0.384. The number of aromatic amines is 1. The van der Waals surface area contributed by atoms with Gasteiger partial charge in [0.05, 0.1) is 17.5 Å². The standard InChI is InChI=1S/C12H12N2O4/c1-18-12(15)5-2-8-7-13-11-6-9(14(16)17)3-4-10(8)11/h3-4,6-7,13H,2,5H2,1H3. The van der Waals surface area contributed by atoms with Gasteiger partial charge < -0.3 is 9.72 Å². The zero-order valence-electron chi connectivity index (χ0n) is 9.80. The normalized spacial score (nSPS) is 10.5. The minimum Gasteiger partial charge on any atom is -0.469 e. The molecule has 0 atom stereocenters. The van der Waals surface area contributed by atoms with Crippen molar-refractivity contribution in [2.75, 3.05) is 7.11 Å². The van der Waals surface area contributed by atoms with E-state index < -0.39 is 4.92 Å². The van der Waals surface area contributed by atoms with E-state index in [1.54, 1.807) is 12.3 Å². The van der Waals surface area contributed by atoms with E-state index >= 15 is 0 Å². The molecule has 0 bridgehead atoms. The Labute approximate surface area is 103 Å². The number of carbonyl (C=O) groups excluding carboxylic acids is 1. The maximum absolute atomic E-state index is 11.1. The molecule has 2 rings (SSSR count). The van der Waals surface area contributed by atoms with Crippen molar-refractivity contribution in [3.63, 3.8) is 0 Å². The average Bonchev–Trinajstić information content (AvgIpc) is 2.78. The van der Waals surface area contributed by atoms with Gasteiger partial charge in [-0.25, -0.2) is 0 Å². The molecule has 0 fully saturated rings. The van der Waals surface area contributed by atoms with Crippen LogP contribution in [0.4, 0.5) is 5.69 Å². The Bertz CT molecular complexity index is 603. The van der Waals surface area contributed by atoms with Crippen LogP contribution < -0.4 is 0 Å². The summed E-state index contributed by atoms with van der Waals surface area (Å²) in [5.74, 6) is -0.272. The van der Waals surface area contributed by atoms with Crippen molar-refractivity contribution in [2.24, 2.45) is 0 Å². The number of nitro groups is 1. The fraction of sp³-hybridized carbons (Fsp3) is 0.250. The molecule has 94 valence electrons. The van der Waals surface area contributed by atoms with Gasteiger partial charge in [0.15, 0.2) is 0 Å². The number of nitro benzene ring substituents is 1. The molecule has 0 saturated carbocycles. The summed E-state index contributed by atoms with van der Waals surface area (Å²) in [5.41, 5.74) is 1.69. The summed E-state index contributed by atoms with van der Waals surface area (Å²) in [6.07, 6.45) is 2.60. The predicted octanol–water partition coefficient (Wildman–Crippen LogP) is 2.18. The molecule has 0 amide bonds. The van der Waals surface area contributed by atoms with E-state index in [0.29, 0.717) is 18.4 Å². The third kappa shape index (κ3) is 2.32. The van der Waals surface area contributed by atoms with Crippen LogP contribution in [-0.2, 0) is 16.0 Å². The number of hydrogen-bond acceptors (Lipinski definition) is 4. The number of aromatic nitrogens is 1. The van der Waals surface area contributed by atoms with Crippen molar-refractivity contribution < 1.29 is 14.5 Å². The minimum absolute atomic E-state index is 0.0452. The number of esters is 1. The monoisotopic (exact) mass is 248 g/mol. The molecule has 0 saturated heterocycles. The molecule has 0 aliphatic carbocycles. The molecule has 6 nitrogen and oxygen atoms in total. The first kappa shape index (κ1) is 12.1. The summed E-state index contributed by atoms with van der Waals surface area (Å²) in [7, 11) is 1.35. The van der Waals surface area contributed by atoms with Crippen molar-refractivity contribution in [3.8, 4) is 0 Å². The Morgan fingerprint density at radius 1 is 1.50 bits per heavy atom. The van der Waals surface area contributed by atoms with Gasteiger partial charge in [0.1, 0.15) is 0 Å². The second kappa shape index (κ2) is 4.87. The molecule has 1 aromatic carbocycles. The molecule has 1 N–H and O–H groups in total. The fourth-order valence-corrected chi connectivity index (χ4v) is 1.83. The molecule has 0 unspecified atom stereocenters. The highest BCUT2D eigenvalue weighted by atomic mass is 16.6. The van der Waals surface area contributed by atoms with Gasteiger partial charge in [-0.05, 0) is 18.1 Å². The number of non-ortho nitro benzene ring substituents is 1. The molecular formula is C12H12N2O4. The highest BCUT2D eigenvalue weighted by molar-refractivity contribution is 5.85. The number of rotatable bonds is 4. The number of carbonyl (C=O) groups is 1. The molecular weight excluding hydrogens is 236 g/mol. The lowest BCUT2D eigenvalue weighted by atomic mass is 10.1. The summed E-state index contributed by atoms with van der Waals surface area (Å²) in [6.45, 7) is 0. The second-order valence-electron chi connectivity index (χ2n) is 3.88. The Morgan fingerprint density at radius 2 is 2.28 bits per heavy atom. The van der Waals surface area contributed by atoms with Crippen molar-refractivity contribution in [1.29, 1.82) is 0 Å². The maximum atomic E-state index is 11.1. The Morgan fingerprint density at radius 3 is 2.94 bits per heavy atom. The number of H-pyrrole nitrogens is 1. The molecule has 6 heteroatoms. The smallest absolute Gasteiger partial charge is 0.305 e. The van der Waals surface area contributed by atoms with Gasteiger partial charge in [-0.3, -0.25) is 14.9 Å². The van der Waals surface area contributed by atoms with Gasteiger partial charge >= 0.3 is 5.97 Å². The van der Waals surface area contributed by atoms with Gasteiger partial charge in [-0.2, -0.15) is 0 Å². The number of aryl methyl sites for hydroxylation is 1. The van der Waals surface area contributed by atoms with Gasteiger partial charge in [-0.15, -0.1) is 0 Å². The molecule has 0 aliphatic heterocycles. The number of methoxy groups -OCH3 is 1. The largest absolute Gasteiger partial charge is 0.469 e. The van der Waals surface area contributed by atoms with Crippen LogP contribution in [0.2, 0.25) is 0 Å². The average molecular weight is 248 g/mol. The van der Waals surface area contributed by atoms with Crippen molar-refractivity contribution in [2.45, 2.75) is 12.8 Å². The molecule has 2 aromatic rings. The van der Waals surface area contributed by atoms with Crippen molar-refractivity contribution in [1.82, 2.24) is 4.98 Å². The minimum atomic E-state index is -0.436. The Kier molecular flexibility index (Phi) is 3.27. The topological polar surface area (TPSA) is 85.2 Å². The van der Waals surface area contributed by atoms with Crippen LogP contribution in [0.1, 0.15) is 12.0 Å². The molecule has 18 heavy (non-hydrogen) atoms. The number of fused-ring (bicyclic) bond motifs is 1. The number of nitrogens with zero attached hydrogens (tertiary/aromatic N) is 1. The van der Waals surface area contributed by atoms with E-state index in [0.717, 1.165) is 10.9 Å². The summed E-state index contributed by atoms with van der Waals surface area (Å²) < 4.78 is 4.57. The van der Waals surface area contributed by atoms with Crippen LogP contribution >= 0.6 is 0 Å². The zero-order valence-corrected chi connectivity index (χ0v) is 9.80. The SMILES string of the molecule is COC(=O)CCc1c[nH]c2cc([N+](=O)[O-])ccc12. The quantitative estimate of drug-likeness (QED) is 0.510. The predicted molar refractivity (Wildman–Crippen MR) is 65.3 cm³/mol. The second-order valence-corrected chi connectivity index (χ2v) is 3.88. The van der Waals surface area contributed by atoms with E-state index in [2.05, 4.69) is 9.72 Å². The highest BCUT2D eigenvalue weighted by Gasteiger charge is 2.11. The highest BCUT2D eigenvalue weighted by Crippen LogP contribution is 2.24. The first-order valence-electron chi connectivity index (χ1n) is 5.43. The third-order valence-electron chi connectivity index (χ3n) is 2.79. The lowest BCUT2D eigenvalue weighted by Gasteiger charge is -1.98. The first-order valence-corrected chi connectivity index (χ1v) is 5.43. The van der Waals surface area contributed by atoms with E-state index in [-0.39, 0.29) is 11.7 Å². The van der Waals surface area contributed by atoms with E-state index in [1.165, 1.54) is 19.2 Å². The fourth-order valence-electron chi connectivity index (χ4n) is 1.83. The lowest BCUT2D eigenvalue weighted by Crippen LogP contribution is -2.01. The molecule has 0 spiro atoms. The van der Waals surface area contributed by atoms with Gasteiger partial charge in [0.25, 0.3) is 5.69 Å². The zero-order chi connectivity index (χ0) is 13.1. The molecule has 0 aliphatic rings. The van der Waals surface area contributed by atoms with Crippen LogP contribution in [0.15, 0.2) is 24.4 Å². The van der Waals surface area contributed by atoms with Crippen LogP contribution in [0, 0.1) is 10.1 Å². The van der Waals surface area contributed by atoms with Crippen LogP contribution in [0.25, 0.3) is 10.9 Å². The van der Waals surface area contributed by atoms with Crippen LogP contribution in [-0.4, -0.2) is 23.0 Å². The van der Waals surface area contributed by atoms with E-state index in [1.807, 2.05) is 0 Å². The van der Waals surface area contributed by atoms with Crippen molar-refractivity contribution in [3.05, 3.63) is 40.1 Å². The van der Waals surface area contributed by atoms with Gasteiger partial charge in [0.2, 0.25) is 0 Å². The number of ether oxygens (including phenoxy) is 1. The summed E-state index contributed by atoms with van der Waals surface area (Å²) in [6, 6.07) is 4.63. The third-order valence-corrected chi connectivity index (χ3v) is 2.79. The number of benzene rings is 1. The summed E-state index contributed by atoms with van der Waals surface area (Å²) in [5, 5.41) is 11.5. The van der Waals surface area contributed by atoms with Crippen LogP contribution in [0.5, 0.6) is 0 Å². The first-order chi connectivity index (χ1) is 8.61. The van der Waals surface area contributed by atoms with Gasteiger partial charge in [0, 0.05) is 30.1 Å². The van der Waals surface area contributed by atoms with Crippen LogP contribution in [0.3, 0.4) is 0 Å². The summed E-state index contributed by atoms with van der Waals surface area (Å²) in [4.78, 5) is 24.2. The van der Waals surface area contributed by atoms with Gasteiger partial charge in [-0.1, -0.05) is 0 Å². The maximum Gasteiger partial charge on any atom is 0.305 e. The summed E-state index contributed by atoms with van der Waals surface area (Å²) >= 11 is 0.